The zero-order valence-electron chi connectivity index (χ0n) is 14.1. The lowest BCUT2D eigenvalue weighted by Gasteiger charge is -2.18. The largest absolute Gasteiger partial charge is 0.860 e. The van der Waals surface area contributed by atoms with Gasteiger partial charge in [-0.05, 0) is 22.1 Å². The number of aliphatic hydroxyl groups is 1. The molecule has 10 heteroatoms. The van der Waals surface area contributed by atoms with E-state index >= 15 is 0 Å². The van der Waals surface area contributed by atoms with Crippen molar-refractivity contribution in [2.24, 2.45) is 0 Å². The fourth-order valence-corrected chi connectivity index (χ4v) is 3.89. The molecular weight excluding hydrogens is 360 g/mol. The van der Waals surface area contributed by atoms with E-state index in [-0.39, 0.29) is 24.5 Å². The summed E-state index contributed by atoms with van der Waals surface area (Å²) in [4.78, 5) is 28.6. The third kappa shape index (κ3) is 2.82. The van der Waals surface area contributed by atoms with Gasteiger partial charge in [0.25, 0.3) is 5.56 Å². The van der Waals surface area contributed by atoms with Crippen LogP contribution in [0.3, 0.4) is 0 Å². The van der Waals surface area contributed by atoms with E-state index in [1.807, 2.05) is 0 Å². The molecule has 0 bridgehead atoms. The van der Waals surface area contributed by atoms with Crippen molar-refractivity contribution >= 4 is 11.3 Å². The van der Waals surface area contributed by atoms with Gasteiger partial charge in [0.2, 0.25) is 0 Å². The Balaban J connectivity index is 2.38. The third-order valence-corrected chi connectivity index (χ3v) is 5.32. The number of H-pyrrole nitrogens is 2. The van der Waals surface area contributed by atoms with Crippen molar-refractivity contribution in [3.63, 3.8) is 0 Å². The van der Waals surface area contributed by atoms with Gasteiger partial charge in [0.1, 0.15) is 18.2 Å². The molecule has 3 heterocycles. The van der Waals surface area contributed by atoms with Crippen molar-refractivity contribution in [3.05, 3.63) is 66.0 Å². The maximum Gasteiger partial charge on any atom is 0.325 e. The lowest BCUT2D eigenvalue weighted by atomic mass is 9.98. The van der Waals surface area contributed by atoms with Gasteiger partial charge in [-0.25, -0.2) is 9.36 Å². The molecule has 0 aliphatic rings. The first-order valence-electron chi connectivity index (χ1n) is 7.85. The van der Waals surface area contributed by atoms with Gasteiger partial charge in [-0.2, -0.15) is 0 Å². The van der Waals surface area contributed by atoms with E-state index in [1.54, 1.807) is 35.9 Å². The molecule has 3 rings (SSSR count). The van der Waals surface area contributed by atoms with Crippen LogP contribution in [0.5, 0.6) is 5.88 Å². The minimum absolute atomic E-state index is 0.174. The van der Waals surface area contributed by atoms with Crippen LogP contribution >= 0.6 is 11.3 Å². The van der Waals surface area contributed by atoms with E-state index in [1.165, 1.54) is 11.3 Å². The van der Waals surface area contributed by atoms with Gasteiger partial charge < -0.3 is 20.4 Å². The number of imidazole rings is 1. The highest BCUT2D eigenvalue weighted by Crippen LogP contribution is 2.34. The van der Waals surface area contributed by atoms with Gasteiger partial charge in [-0.15, -0.1) is 11.3 Å². The molecule has 1 atom stereocenters. The van der Waals surface area contributed by atoms with Crippen molar-refractivity contribution < 1.29 is 20.0 Å². The van der Waals surface area contributed by atoms with E-state index in [4.69, 9.17) is 0 Å². The number of aromatic nitrogens is 4. The Morgan fingerprint density at radius 2 is 2.08 bits per heavy atom. The van der Waals surface area contributed by atoms with Crippen LogP contribution in [0.15, 0.2) is 27.1 Å². The number of hydrogen-bond acceptors (Lipinski definition) is 6. The molecule has 4 N–H and O–H groups in total. The number of nitrogens with one attached hydrogen (secondary N) is 2. The van der Waals surface area contributed by atoms with Crippen LogP contribution in [0.1, 0.15) is 33.6 Å². The summed E-state index contributed by atoms with van der Waals surface area (Å²) in [5, 5.41) is 34.2. The zero-order chi connectivity index (χ0) is 19.0. The van der Waals surface area contributed by atoms with E-state index in [2.05, 4.69) is 9.97 Å². The summed E-state index contributed by atoms with van der Waals surface area (Å²) in [7, 11) is 0. The van der Waals surface area contributed by atoms with Crippen LogP contribution in [0, 0.1) is 13.8 Å². The molecule has 0 saturated heterocycles. The van der Waals surface area contributed by atoms with E-state index in [9.17, 15) is 25.0 Å². The van der Waals surface area contributed by atoms with Gasteiger partial charge >= 0.3 is 11.5 Å². The first kappa shape index (κ1) is 18.0. The van der Waals surface area contributed by atoms with E-state index < -0.39 is 23.0 Å². The Hall–Kier alpha value is -2.85. The summed E-state index contributed by atoms with van der Waals surface area (Å²) in [6.45, 7) is 3.44. The van der Waals surface area contributed by atoms with Gasteiger partial charge in [0.05, 0.1) is 6.61 Å². The molecule has 9 nitrogen and oxygen atoms in total. The Bertz CT molecular complexity index is 1050. The van der Waals surface area contributed by atoms with Crippen molar-refractivity contribution in [2.75, 3.05) is 6.61 Å². The van der Waals surface area contributed by atoms with Crippen LogP contribution in [-0.4, -0.2) is 31.6 Å². The highest BCUT2D eigenvalue weighted by atomic mass is 32.1. The van der Waals surface area contributed by atoms with Crippen LogP contribution in [0.4, 0.5) is 0 Å². The highest BCUT2D eigenvalue weighted by Gasteiger charge is 2.37. The van der Waals surface area contributed by atoms with Crippen molar-refractivity contribution in [3.8, 4) is 5.88 Å². The number of aliphatic hydroxyl groups excluding tert-OH is 1. The van der Waals surface area contributed by atoms with Crippen molar-refractivity contribution in [1.82, 2.24) is 14.7 Å². The number of aromatic amines is 2. The summed E-state index contributed by atoms with van der Waals surface area (Å²) < 4.78 is 2.57. The molecule has 138 valence electrons. The minimum atomic E-state index is -0.910. The summed E-state index contributed by atoms with van der Waals surface area (Å²) in [6.07, 6.45) is 0. The molecule has 0 fully saturated rings. The average molecular weight is 378 g/mol. The topological polar surface area (TPSA) is 138 Å². The Kier molecular flexibility index (Phi) is 4.70. The highest BCUT2D eigenvalue weighted by molar-refractivity contribution is 7.10. The fraction of sp³-hybridized carbons (Fsp3) is 0.312. The fourth-order valence-electron chi connectivity index (χ4n) is 3.06. The molecule has 0 aliphatic heterocycles. The number of hydrogen-bond donors (Lipinski definition) is 4. The summed E-state index contributed by atoms with van der Waals surface area (Å²) >= 11 is 1.31. The number of nitrogens with zero attached hydrogens (tertiary/aromatic N) is 2. The second-order valence-electron chi connectivity index (χ2n) is 5.82. The maximum absolute atomic E-state index is 12.4. The Morgan fingerprint density at radius 1 is 1.35 bits per heavy atom. The predicted molar refractivity (Wildman–Crippen MR) is 90.8 cm³/mol. The van der Waals surface area contributed by atoms with E-state index in [0.29, 0.717) is 16.3 Å². The van der Waals surface area contributed by atoms with Crippen molar-refractivity contribution in [2.45, 2.75) is 26.3 Å². The molecule has 26 heavy (non-hydrogen) atoms. The minimum Gasteiger partial charge on any atom is -0.860 e. The molecule has 0 aromatic carbocycles. The molecule has 1 unspecified atom stereocenters. The quantitative estimate of drug-likeness (QED) is 0.344. The summed E-state index contributed by atoms with van der Waals surface area (Å²) in [5.41, 5.74) is -0.700. The monoisotopic (exact) mass is 378 g/mol. The van der Waals surface area contributed by atoms with Gasteiger partial charge in [-0.3, -0.25) is 9.78 Å². The lowest BCUT2D eigenvalue weighted by Crippen LogP contribution is -2.44. The second-order valence-corrected chi connectivity index (χ2v) is 6.79. The SMILES string of the molecule is Cc1c(C)[n+](CCO)c(C(c2cccs2)c2c([O-])[nH]c(=O)[nH]c2=O)n1O. The summed E-state index contributed by atoms with van der Waals surface area (Å²) in [6, 6.07) is 3.50. The van der Waals surface area contributed by atoms with Crippen LogP contribution in [0.2, 0.25) is 0 Å². The molecule has 0 spiro atoms. The third-order valence-electron chi connectivity index (χ3n) is 4.38. The predicted octanol–water partition coefficient (Wildman–Crippen LogP) is -0.686. The van der Waals surface area contributed by atoms with E-state index in [0.717, 1.165) is 4.73 Å². The Morgan fingerprint density at radius 3 is 2.65 bits per heavy atom. The second kappa shape index (κ2) is 6.81. The summed E-state index contributed by atoms with van der Waals surface area (Å²) in [5.74, 6) is -1.47. The van der Waals surface area contributed by atoms with Crippen LogP contribution in [-0.2, 0) is 6.54 Å². The van der Waals surface area contributed by atoms with Crippen LogP contribution < -0.4 is 20.9 Å². The van der Waals surface area contributed by atoms with Crippen LogP contribution in [0.25, 0.3) is 0 Å². The van der Waals surface area contributed by atoms with Gasteiger partial charge in [-0.1, -0.05) is 6.07 Å². The zero-order valence-corrected chi connectivity index (χ0v) is 15.0. The lowest BCUT2D eigenvalue weighted by molar-refractivity contribution is -0.712. The molecule has 0 amide bonds. The normalized spacial score (nSPS) is 12.4. The molecule has 0 saturated carbocycles. The molecule has 0 radical (unpaired) electrons. The first-order chi connectivity index (χ1) is 12.4. The molecule has 0 aliphatic carbocycles. The smallest absolute Gasteiger partial charge is 0.325 e. The average Bonchev–Trinajstić information content (AvgIpc) is 3.17. The van der Waals surface area contributed by atoms with Gasteiger partial charge in [0.15, 0.2) is 5.69 Å². The van der Waals surface area contributed by atoms with Gasteiger partial charge in [0, 0.05) is 24.3 Å². The number of rotatable bonds is 5. The molecule has 3 aromatic rings. The molecular formula is C16H18N4O5S. The maximum atomic E-state index is 12.4. The van der Waals surface area contributed by atoms with Crippen molar-refractivity contribution in [1.29, 1.82) is 0 Å². The first-order valence-corrected chi connectivity index (χ1v) is 8.73. The standard InChI is InChI=1S/C16H18N4O5S/c1-8-9(2)20(25)15(19(8)5-6-21)11(10-4-3-7-26-10)12-13(22)17-16(24)18-14(12)23/h3-4,7,11,21H,5-6H2,1-2H3,(H3-,17,18,22,23,24,25). The number of thiophene rings is 1. The Labute approximate surface area is 151 Å². The molecule has 3 aromatic heterocycles.